The maximum absolute atomic E-state index is 13.9. The van der Waals surface area contributed by atoms with E-state index in [0.717, 1.165) is 13.1 Å². The summed E-state index contributed by atoms with van der Waals surface area (Å²) in [6.07, 6.45) is 1.40. The number of amidine groups is 3. The summed E-state index contributed by atoms with van der Waals surface area (Å²) in [4.78, 5) is 12.1. The summed E-state index contributed by atoms with van der Waals surface area (Å²) in [6, 6.07) is 2.64. The van der Waals surface area contributed by atoms with Crippen LogP contribution in [0, 0.1) is 16.6 Å². The summed E-state index contributed by atoms with van der Waals surface area (Å²) >= 11 is 12.3. The third-order valence-corrected chi connectivity index (χ3v) is 5.79. The van der Waals surface area contributed by atoms with Gasteiger partial charge in [-0.25, -0.2) is 9.38 Å². The molecule has 0 saturated carbocycles. The summed E-state index contributed by atoms with van der Waals surface area (Å²) in [5.41, 5.74) is 12.6. The average molecular weight is 483 g/mol. The Balaban J connectivity index is 1.76. The van der Waals surface area contributed by atoms with E-state index in [0.29, 0.717) is 49.1 Å². The molecule has 2 aliphatic heterocycles. The first kappa shape index (κ1) is 24.1. The standard InChI is InChI=1S/C20H25Cl2FN8O/c21-13-1-2-14(23)18(22)12(13)10-31-4-3-28-20(27)16(31)9-15(24)19(26)29-17(25)11-30-5-7-32-8-6-30/h1-2,9,24H,3-8,10-11H2,(H2,27,28)(H3,25,26,29)/b16-9+,24-15?. The predicted molar refractivity (Wildman–Crippen MR) is 126 cm³/mol. The Morgan fingerprint density at radius 1 is 1.25 bits per heavy atom. The molecule has 0 spiro atoms. The van der Waals surface area contributed by atoms with E-state index < -0.39 is 5.82 Å². The van der Waals surface area contributed by atoms with E-state index in [2.05, 4.69) is 14.9 Å². The molecule has 172 valence electrons. The molecule has 1 saturated heterocycles. The topological polar surface area (TPSA) is 140 Å². The molecule has 0 aliphatic carbocycles. The number of ether oxygens (including phenoxy) is 1. The number of aliphatic imine (C=N–C) groups is 2. The Kier molecular flexibility index (Phi) is 8.19. The smallest absolute Gasteiger partial charge is 0.171 e. The van der Waals surface area contributed by atoms with Crippen molar-refractivity contribution in [3.05, 3.63) is 45.3 Å². The number of hydrogen-bond donors (Lipinski definition) is 4. The monoisotopic (exact) mass is 482 g/mol. The van der Waals surface area contributed by atoms with Crippen LogP contribution in [0.25, 0.3) is 0 Å². The van der Waals surface area contributed by atoms with Gasteiger partial charge in [0.25, 0.3) is 0 Å². The zero-order chi connectivity index (χ0) is 23.3. The minimum absolute atomic E-state index is 0.0683. The molecule has 0 aromatic heterocycles. The average Bonchev–Trinajstić information content (AvgIpc) is 2.76. The minimum atomic E-state index is -0.574. The van der Waals surface area contributed by atoms with Crippen molar-refractivity contribution in [2.45, 2.75) is 6.54 Å². The number of nitrogens with two attached hydrogens (primary N) is 2. The fraction of sp³-hybridized carbons (Fsp3) is 0.400. The Labute approximate surface area is 195 Å². The molecule has 0 bridgehead atoms. The van der Waals surface area contributed by atoms with E-state index in [4.69, 9.17) is 50.2 Å². The molecule has 1 aromatic carbocycles. The fourth-order valence-electron chi connectivity index (χ4n) is 3.32. The molecule has 1 fully saturated rings. The van der Waals surface area contributed by atoms with Crippen LogP contribution in [0.3, 0.4) is 0 Å². The van der Waals surface area contributed by atoms with Crippen LogP contribution in [0.15, 0.2) is 33.9 Å². The zero-order valence-electron chi connectivity index (χ0n) is 17.4. The quantitative estimate of drug-likeness (QED) is 0.278. The van der Waals surface area contributed by atoms with Gasteiger partial charge in [0.2, 0.25) is 0 Å². The fourth-order valence-corrected chi connectivity index (χ4v) is 3.81. The highest BCUT2D eigenvalue weighted by Gasteiger charge is 2.22. The van der Waals surface area contributed by atoms with Gasteiger partial charge in [0.05, 0.1) is 37.0 Å². The molecule has 2 aliphatic rings. The number of nitrogens with one attached hydrogen (secondary N) is 2. The van der Waals surface area contributed by atoms with Gasteiger partial charge >= 0.3 is 0 Å². The minimum Gasteiger partial charge on any atom is -0.386 e. The van der Waals surface area contributed by atoms with Crippen LogP contribution >= 0.6 is 23.2 Å². The Hall–Kier alpha value is -2.53. The zero-order valence-corrected chi connectivity index (χ0v) is 18.9. The second-order valence-corrected chi connectivity index (χ2v) is 8.08. The molecule has 12 heteroatoms. The Morgan fingerprint density at radius 3 is 2.69 bits per heavy atom. The van der Waals surface area contributed by atoms with Gasteiger partial charge in [0.1, 0.15) is 23.2 Å². The van der Waals surface area contributed by atoms with Gasteiger partial charge < -0.3 is 21.1 Å². The van der Waals surface area contributed by atoms with Crippen molar-refractivity contribution in [1.29, 1.82) is 10.8 Å². The molecule has 3 rings (SSSR count). The number of morpholine rings is 1. The van der Waals surface area contributed by atoms with Crippen molar-refractivity contribution >= 4 is 46.4 Å². The summed E-state index contributed by atoms with van der Waals surface area (Å²) in [7, 11) is 0. The largest absolute Gasteiger partial charge is 0.386 e. The number of nitrogens with zero attached hydrogens (tertiary/aromatic N) is 4. The number of halogens is 3. The summed E-state index contributed by atoms with van der Waals surface area (Å²) in [5.74, 6) is -0.443. The van der Waals surface area contributed by atoms with Gasteiger partial charge in [-0.3, -0.25) is 20.7 Å². The molecule has 32 heavy (non-hydrogen) atoms. The molecular formula is C20H25Cl2FN8O. The highest BCUT2D eigenvalue weighted by atomic mass is 35.5. The predicted octanol–water partition coefficient (Wildman–Crippen LogP) is 1.88. The highest BCUT2D eigenvalue weighted by Crippen LogP contribution is 2.29. The van der Waals surface area contributed by atoms with Crippen LogP contribution in [0.1, 0.15) is 5.56 Å². The first-order valence-electron chi connectivity index (χ1n) is 9.96. The maximum atomic E-state index is 13.9. The van der Waals surface area contributed by atoms with Gasteiger partial charge in [0.15, 0.2) is 5.84 Å². The third-order valence-electron chi connectivity index (χ3n) is 5.02. The molecule has 0 unspecified atom stereocenters. The van der Waals surface area contributed by atoms with E-state index in [1.54, 1.807) is 4.90 Å². The van der Waals surface area contributed by atoms with Crippen molar-refractivity contribution in [2.75, 3.05) is 45.9 Å². The lowest BCUT2D eigenvalue weighted by Crippen LogP contribution is -2.42. The molecule has 1 aromatic rings. The maximum Gasteiger partial charge on any atom is 0.171 e. The molecule has 2 heterocycles. The van der Waals surface area contributed by atoms with Crippen LogP contribution < -0.4 is 11.5 Å². The number of benzene rings is 1. The lowest BCUT2D eigenvalue weighted by atomic mass is 10.1. The number of rotatable bonds is 6. The lowest BCUT2D eigenvalue weighted by Gasteiger charge is -2.30. The van der Waals surface area contributed by atoms with Gasteiger partial charge in [-0.15, -0.1) is 0 Å². The van der Waals surface area contributed by atoms with Crippen LogP contribution in [-0.4, -0.2) is 79.0 Å². The molecule has 0 amide bonds. The van der Waals surface area contributed by atoms with E-state index in [1.165, 1.54) is 18.2 Å². The Bertz CT molecular complexity index is 988. The van der Waals surface area contributed by atoms with Crippen LogP contribution in [0.4, 0.5) is 4.39 Å². The summed E-state index contributed by atoms with van der Waals surface area (Å²) < 4.78 is 19.2. The van der Waals surface area contributed by atoms with Gasteiger partial charge in [-0.2, -0.15) is 0 Å². The van der Waals surface area contributed by atoms with Crippen LogP contribution in [0.5, 0.6) is 0 Å². The molecule has 9 nitrogen and oxygen atoms in total. The second-order valence-electron chi connectivity index (χ2n) is 7.29. The third kappa shape index (κ3) is 6.04. The first-order chi connectivity index (χ1) is 15.3. The van der Waals surface area contributed by atoms with Crippen LogP contribution in [-0.2, 0) is 11.3 Å². The van der Waals surface area contributed by atoms with Crippen molar-refractivity contribution in [2.24, 2.45) is 21.5 Å². The normalized spacial score (nSPS) is 19.2. The van der Waals surface area contributed by atoms with Gasteiger partial charge in [-0.05, 0) is 18.2 Å². The van der Waals surface area contributed by atoms with E-state index in [-0.39, 0.29) is 34.8 Å². The van der Waals surface area contributed by atoms with Crippen molar-refractivity contribution in [3.8, 4) is 0 Å². The van der Waals surface area contributed by atoms with Gasteiger partial charge in [-0.1, -0.05) is 23.2 Å². The summed E-state index contributed by atoms with van der Waals surface area (Å²) in [6.45, 7) is 4.15. The van der Waals surface area contributed by atoms with Crippen molar-refractivity contribution < 1.29 is 9.13 Å². The molecular weight excluding hydrogens is 458 g/mol. The van der Waals surface area contributed by atoms with E-state index in [1.807, 2.05) is 0 Å². The highest BCUT2D eigenvalue weighted by molar-refractivity contribution is 6.45. The van der Waals surface area contributed by atoms with E-state index >= 15 is 0 Å². The van der Waals surface area contributed by atoms with Crippen molar-refractivity contribution in [1.82, 2.24) is 9.80 Å². The lowest BCUT2D eigenvalue weighted by molar-refractivity contribution is 0.0452. The van der Waals surface area contributed by atoms with Gasteiger partial charge in [0, 0.05) is 36.8 Å². The molecule has 0 radical (unpaired) electrons. The number of hydrogen-bond acceptors (Lipinski definition) is 7. The summed E-state index contributed by atoms with van der Waals surface area (Å²) in [5, 5.41) is 16.7. The first-order valence-corrected chi connectivity index (χ1v) is 10.7. The SMILES string of the molecule is N=C(/C=C1\C(N)=NCCN1Cc1c(Cl)ccc(F)c1Cl)C(=N)N=C(N)CN1CCOCC1. The van der Waals surface area contributed by atoms with E-state index in [9.17, 15) is 4.39 Å². The Morgan fingerprint density at radius 2 is 1.97 bits per heavy atom. The molecule has 6 N–H and O–H groups in total. The van der Waals surface area contributed by atoms with Crippen molar-refractivity contribution in [3.63, 3.8) is 0 Å². The van der Waals surface area contributed by atoms with Crippen LogP contribution in [0.2, 0.25) is 10.0 Å². The molecule has 0 atom stereocenters. The second kappa shape index (κ2) is 10.9.